The number of nitrogen functional groups attached to an aromatic ring is 1. The third-order valence-electron chi connectivity index (χ3n) is 1.42. The average Bonchev–Trinajstić information content (AvgIpc) is 2.03. The average molecular weight is 153 g/mol. The molecule has 3 nitrogen and oxygen atoms in total. The van der Waals surface area contributed by atoms with Gasteiger partial charge in [-0.2, -0.15) is 0 Å². The van der Waals surface area contributed by atoms with Crippen LogP contribution in [0, 0.1) is 0 Å². The lowest BCUT2D eigenvalue weighted by atomic mass is 10.2. The van der Waals surface area contributed by atoms with Crippen molar-refractivity contribution in [2.24, 2.45) is 0 Å². The van der Waals surface area contributed by atoms with Gasteiger partial charge in [0.25, 0.3) is 0 Å². The monoisotopic (exact) mass is 153 g/mol. The highest BCUT2D eigenvalue weighted by atomic mass is 16.6. The van der Waals surface area contributed by atoms with Gasteiger partial charge < -0.3 is 15.6 Å². The van der Waals surface area contributed by atoms with Gasteiger partial charge in [0.2, 0.25) is 0 Å². The van der Waals surface area contributed by atoms with Gasteiger partial charge in [0.05, 0.1) is 0 Å². The minimum absolute atomic E-state index is 0.624. The molecule has 0 bridgehead atoms. The van der Waals surface area contributed by atoms with Crippen molar-refractivity contribution >= 4 is 5.69 Å². The molecule has 3 N–H and O–H groups in total. The van der Waals surface area contributed by atoms with Gasteiger partial charge in [-0.15, -0.1) is 0 Å². The van der Waals surface area contributed by atoms with Crippen LogP contribution in [0.5, 0.6) is 0 Å². The Morgan fingerprint density at radius 2 is 2.27 bits per heavy atom. The molecule has 1 aromatic carbocycles. The molecule has 0 amide bonds. The number of anilines is 1. The number of aliphatic hydroxyl groups excluding tert-OH is 1. The van der Waals surface area contributed by atoms with Crippen molar-refractivity contribution in [3.8, 4) is 0 Å². The Kier molecular flexibility index (Phi) is 2.46. The SMILES string of the molecule is COC(O)c1cccc(N)c1. The van der Waals surface area contributed by atoms with Crippen LogP contribution < -0.4 is 5.73 Å². The standard InChI is InChI=1S/C8H11NO2/c1-11-8(10)6-3-2-4-7(9)5-6/h2-5,8,10H,9H2,1H3. The van der Waals surface area contributed by atoms with Gasteiger partial charge in [-0.3, -0.25) is 0 Å². The molecule has 1 atom stereocenters. The van der Waals surface area contributed by atoms with E-state index in [0.29, 0.717) is 11.3 Å². The fourth-order valence-electron chi connectivity index (χ4n) is 0.849. The first-order chi connectivity index (χ1) is 5.24. The summed E-state index contributed by atoms with van der Waals surface area (Å²) in [5, 5.41) is 9.18. The minimum Gasteiger partial charge on any atom is -0.399 e. The van der Waals surface area contributed by atoms with Gasteiger partial charge in [-0.1, -0.05) is 12.1 Å². The van der Waals surface area contributed by atoms with Crippen LogP contribution >= 0.6 is 0 Å². The molecule has 0 fully saturated rings. The fourth-order valence-corrected chi connectivity index (χ4v) is 0.849. The van der Waals surface area contributed by atoms with E-state index < -0.39 is 6.29 Å². The van der Waals surface area contributed by atoms with Gasteiger partial charge in [0, 0.05) is 18.4 Å². The Hall–Kier alpha value is -1.06. The van der Waals surface area contributed by atoms with E-state index in [9.17, 15) is 5.11 Å². The van der Waals surface area contributed by atoms with E-state index in [2.05, 4.69) is 0 Å². The molecule has 3 heteroatoms. The first-order valence-electron chi connectivity index (χ1n) is 3.30. The molecule has 0 aliphatic carbocycles. The molecule has 1 unspecified atom stereocenters. The van der Waals surface area contributed by atoms with Crippen LogP contribution in [0.15, 0.2) is 24.3 Å². The van der Waals surface area contributed by atoms with Crippen LogP contribution in [-0.4, -0.2) is 12.2 Å². The molecule has 0 heterocycles. The van der Waals surface area contributed by atoms with Crippen LogP contribution in [0.2, 0.25) is 0 Å². The molecule has 0 aliphatic rings. The Labute approximate surface area is 65.4 Å². The van der Waals surface area contributed by atoms with Crippen LogP contribution in [0.25, 0.3) is 0 Å². The van der Waals surface area contributed by atoms with Gasteiger partial charge in [0.1, 0.15) is 0 Å². The summed E-state index contributed by atoms with van der Waals surface area (Å²) in [6, 6.07) is 6.96. The van der Waals surface area contributed by atoms with Crippen molar-refractivity contribution < 1.29 is 9.84 Å². The molecule has 1 rings (SSSR count). The third-order valence-corrected chi connectivity index (χ3v) is 1.42. The number of hydrogen-bond donors (Lipinski definition) is 2. The number of ether oxygens (including phenoxy) is 1. The van der Waals surface area contributed by atoms with Crippen LogP contribution in [-0.2, 0) is 4.74 Å². The summed E-state index contributed by atoms with van der Waals surface area (Å²) in [7, 11) is 1.44. The van der Waals surface area contributed by atoms with Gasteiger partial charge in [-0.25, -0.2) is 0 Å². The second-order valence-corrected chi connectivity index (χ2v) is 2.26. The molecule has 0 aliphatic heterocycles. The molecular weight excluding hydrogens is 142 g/mol. The number of benzene rings is 1. The Bertz CT molecular complexity index is 237. The van der Waals surface area contributed by atoms with Gasteiger partial charge >= 0.3 is 0 Å². The normalized spacial score (nSPS) is 12.9. The van der Waals surface area contributed by atoms with Crippen molar-refractivity contribution in [1.82, 2.24) is 0 Å². The molecule has 0 aromatic heterocycles. The quantitative estimate of drug-likeness (QED) is 0.490. The fraction of sp³-hybridized carbons (Fsp3) is 0.250. The summed E-state index contributed by atoms with van der Waals surface area (Å²) in [6.07, 6.45) is -0.876. The van der Waals surface area contributed by atoms with Gasteiger partial charge in [-0.05, 0) is 12.1 Å². The predicted molar refractivity (Wildman–Crippen MR) is 42.8 cm³/mol. The van der Waals surface area contributed by atoms with E-state index >= 15 is 0 Å². The van der Waals surface area contributed by atoms with Crippen molar-refractivity contribution in [2.75, 3.05) is 12.8 Å². The zero-order valence-electron chi connectivity index (χ0n) is 6.32. The van der Waals surface area contributed by atoms with Crippen molar-refractivity contribution in [1.29, 1.82) is 0 Å². The second kappa shape index (κ2) is 3.37. The number of methoxy groups -OCH3 is 1. The maximum absolute atomic E-state index is 9.18. The summed E-state index contributed by atoms with van der Waals surface area (Å²) < 4.78 is 4.69. The predicted octanol–water partition coefficient (Wildman–Crippen LogP) is 0.906. The first kappa shape index (κ1) is 8.04. The topological polar surface area (TPSA) is 55.5 Å². The van der Waals surface area contributed by atoms with Crippen LogP contribution in [0.3, 0.4) is 0 Å². The van der Waals surface area contributed by atoms with E-state index in [1.165, 1.54) is 7.11 Å². The number of rotatable bonds is 2. The highest BCUT2D eigenvalue weighted by Gasteiger charge is 2.03. The molecule has 0 radical (unpaired) electrons. The number of nitrogens with two attached hydrogens (primary N) is 1. The largest absolute Gasteiger partial charge is 0.399 e. The third kappa shape index (κ3) is 1.93. The Morgan fingerprint density at radius 3 is 2.82 bits per heavy atom. The number of hydrogen-bond acceptors (Lipinski definition) is 3. The maximum atomic E-state index is 9.18. The van der Waals surface area contributed by atoms with E-state index in [1.807, 2.05) is 0 Å². The zero-order chi connectivity index (χ0) is 8.27. The van der Waals surface area contributed by atoms with Crippen molar-refractivity contribution in [2.45, 2.75) is 6.29 Å². The van der Waals surface area contributed by atoms with E-state index in [-0.39, 0.29) is 0 Å². The summed E-state index contributed by atoms with van der Waals surface area (Å²) in [4.78, 5) is 0. The lowest BCUT2D eigenvalue weighted by Gasteiger charge is -2.08. The lowest BCUT2D eigenvalue weighted by Crippen LogP contribution is -1.99. The van der Waals surface area contributed by atoms with Crippen molar-refractivity contribution in [3.63, 3.8) is 0 Å². The number of aliphatic hydroxyl groups is 1. The maximum Gasteiger partial charge on any atom is 0.180 e. The molecule has 60 valence electrons. The molecule has 0 saturated carbocycles. The minimum atomic E-state index is -0.876. The molecule has 0 spiro atoms. The van der Waals surface area contributed by atoms with Crippen molar-refractivity contribution in [3.05, 3.63) is 29.8 Å². The lowest BCUT2D eigenvalue weighted by molar-refractivity contribution is -0.0769. The first-order valence-corrected chi connectivity index (χ1v) is 3.30. The van der Waals surface area contributed by atoms with E-state index in [1.54, 1.807) is 24.3 Å². The van der Waals surface area contributed by atoms with Crippen LogP contribution in [0.1, 0.15) is 11.9 Å². The summed E-state index contributed by atoms with van der Waals surface area (Å²) in [5.74, 6) is 0. The smallest absolute Gasteiger partial charge is 0.180 e. The Balaban J connectivity index is 2.86. The molecular formula is C8H11NO2. The Morgan fingerprint density at radius 1 is 1.55 bits per heavy atom. The van der Waals surface area contributed by atoms with Gasteiger partial charge in [0.15, 0.2) is 6.29 Å². The molecule has 0 saturated heterocycles. The van der Waals surface area contributed by atoms with E-state index in [0.717, 1.165) is 0 Å². The summed E-state index contributed by atoms with van der Waals surface area (Å²) in [5.41, 5.74) is 6.78. The summed E-state index contributed by atoms with van der Waals surface area (Å²) >= 11 is 0. The molecule has 1 aromatic rings. The second-order valence-electron chi connectivity index (χ2n) is 2.26. The highest BCUT2D eigenvalue weighted by molar-refractivity contribution is 5.40. The van der Waals surface area contributed by atoms with Crippen LogP contribution in [0.4, 0.5) is 5.69 Å². The summed E-state index contributed by atoms with van der Waals surface area (Å²) in [6.45, 7) is 0. The van der Waals surface area contributed by atoms with E-state index in [4.69, 9.17) is 10.5 Å². The highest BCUT2D eigenvalue weighted by Crippen LogP contribution is 2.15. The molecule has 11 heavy (non-hydrogen) atoms. The zero-order valence-corrected chi connectivity index (χ0v) is 6.32.